The fraction of sp³-hybridized carbons (Fsp3) is 0.688. The maximum atomic E-state index is 10.6. The summed E-state index contributed by atoms with van der Waals surface area (Å²) in [6, 6.07) is 0. The van der Waals surface area contributed by atoms with E-state index in [2.05, 4.69) is 26.6 Å². The molecule has 0 spiro atoms. The van der Waals surface area contributed by atoms with Gasteiger partial charge in [0.25, 0.3) is 0 Å². The van der Waals surface area contributed by atoms with Crippen LogP contribution in [-0.4, -0.2) is 70.2 Å². The Morgan fingerprint density at radius 1 is 0.577 bits per heavy atom. The normalized spacial score (nSPS) is 8.85. The second-order valence-electron chi connectivity index (χ2n) is 5.25. The summed E-state index contributed by atoms with van der Waals surface area (Å²) in [5.41, 5.74) is 0. The summed E-state index contributed by atoms with van der Waals surface area (Å²) in [6.07, 6.45) is -0.0522. The summed E-state index contributed by atoms with van der Waals surface area (Å²) in [7, 11) is 5.18. The highest BCUT2D eigenvalue weighted by Crippen LogP contribution is 1.79. The Labute approximate surface area is 155 Å². The molecule has 5 N–H and O–H groups in total. The average Bonchev–Trinajstić information content (AvgIpc) is 2.50. The van der Waals surface area contributed by atoms with Gasteiger partial charge in [-0.3, -0.25) is 24.0 Å². The van der Waals surface area contributed by atoms with Gasteiger partial charge < -0.3 is 26.6 Å². The van der Waals surface area contributed by atoms with Crippen molar-refractivity contribution in [2.75, 3.05) is 41.0 Å². The predicted molar refractivity (Wildman–Crippen MR) is 99.3 cm³/mol. The van der Waals surface area contributed by atoms with Crippen LogP contribution in [0.3, 0.4) is 0 Å². The van der Waals surface area contributed by atoms with Crippen molar-refractivity contribution in [1.82, 2.24) is 26.6 Å². The Kier molecular flexibility index (Phi) is 23.0. The van der Waals surface area contributed by atoms with Crippen molar-refractivity contribution >= 4 is 29.2 Å². The van der Waals surface area contributed by atoms with E-state index < -0.39 is 0 Å². The highest BCUT2D eigenvalue weighted by molar-refractivity contribution is 5.97. The summed E-state index contributed by atoms with van der Waals surface area (Å²) in [4.78, 5) is 51.9. The Balaban J connectivity index is -0.000000316. The maximum Gasteiger partial charge on any atom is 0.228 e. The fourth-order valence-corrected chi connectivity index (χ4v) is 1.20. The highest BCUT2D eigenvalue weighted by atomic mass is 16.2. The van der Waals surface area contributed by atoms with Crippen LogP contribution < -0.4 is 26.6 Å². The molecule has 0 atom stereocenters. The molecule has 0 aliphatic rings. The molecule has 0 fully saturated rings. The van der Waals surface area contributed by atoms with Crippen LogP contribution in [0.15, 0.2) is 0 Å². The van der Waals surface area contributed by atoms with E-state index in [1.54, 1.807) is 28.1 Å². The van der Waals surface area contributed by atoms with Crippen molar-refractivity contribution in [1.29, 1.82) is 0 Å². The van der Waals surface area contributed by atoms with Gasteiger partial charge in [0, 0.05) is 0 Å². The third-order valence-corrected chi connectivity index (χ3v) is 2.17. The molecule has 152 valence electrons. The van der Waals surface area contributed by atoms with Crippen LogP contribution in [0.5, 0.6) is 0 Å². The number of carbonyl (C=O) groups excluding carboxylic acids is 5. The molecule has 0 aromatic carbocycles. The molecule has 0 saturated carbocycles. The fourth-order valence-electron chi connectivity index (χ4n) is 1.20. The molecule has 0 aromatic heterocycles. The van der Waals surface area contributed by atoms with Gasteiger partial charge in [-0.1, -0.05) is 0 Å². The standard InChI is InChI=1S/2C6H12N2O2.C4H9NO/c2*1-5(9)3-6(10)8-4-7-2;1-4(6)3-5-2/h2*7H,3-4H2,1-2H3,(H,8,10);5H,3H2,1-2H3. The van der Waals surface area contributed by atoms with E-state index in [1.807, 2.05) is 0 Å². The largest absolute Gasteiger partial charge is 0.343 e. The number of rotatable bonds is 10. The Bertz CT molecular complexity index is 409. The monoisotopic (exact) mass is 375 g/mol. The first-order valence-corrected chi connectivity index (χ1v) is 8.06. The van der Waals surface area contributed by atoms with Crippen molar-refractivity contribution in [3.05, 3.63) is 0 Å². The lowest BCUT2D eigenvalue weighted by Gasteiger charge is -2.00. The smallest absolute Gasteiger partial charge is 0.228 e. The molecule has 0 radical (unpaired) electrons. The van der Waals surface area contributed by atoms with Gasteiger partial charge in [-0.25, -0.2) is 0 Å². The first-order valence-electron chi connectivity index (χ1n) is 8.06. The molecule has 0 aliphatic heterocycles. The van der Waals surface area contributed by atoms with E-state index in [4.69, 9.17) is 0 Å². The number of carbonyl (C=O) groups is 5. The minimum Gasteiger partial charge on any atom is -0.343 e. The van der Waals surface area contributed by atoms with Crippen molar-refractivity contribution in [3.8, 4) is 0 Å². The zero-order valence-corrected chi connectivity index (χ0v) is 16.6. The van der Waals surface area contributed by atoms with Crippen LogP contribution in [0, 0.1) is 0 Å². The van der Waals surface area contributed by atoms with Gasteiger partial charge in [-0.15, -0.1) is 0 Å². The molecule has 0 rings (SSSR count). The number of nitrogens with one attached hydrogen (secondary N) is 5. The number of likely N-dealkylation sites (N-methyl/N-ethyl adjacent to an activating group) is 1. The molecule has 0 bridgehead atoms. The average molecular weight is 375 g/mol. The van der Waals surface area contributed by atoms with Crippen molar-refractivity contribution in [2.45, 2.75) is 33.6 Å². The molecular formula is C16H33N5O5. The topological polar surface area (TPSA) is 146 Å². The minimum atomic E-state index is -0.234. The van der Waals surface area contributed by atoms with Gasteiger partial charge in [0.05, 0.1) is 32.7 Å². The number of amides is 2. The number of hydrogen-bond acceptors (Lipinski definition) is 8. The van der Waals surface area contributed by atoms with E-state index in [0.29, 0.717) is 19.9 Å². The number of ketones is 3. The van der Waals surface area contributed by atoms with Crippen LogP contribution in [0.4, 0.5) is 0 Å². The lowest BCUT2D eigenvalue weighted by atomic mass is 10.3. The van der Waals surface area contributed by atoms with Gasteiger partial charge in [0.2, 0.25) is 11.8 Å². The third kappa shape index (κ3) is 33.4. The Hall–Kier alpha value is -2.17. The molecule has 26 heavy (non-hydrogen) atoms. The second kappa shape index (κ2) is 20.9. The van der Waals surface area contributed by atoms with Gasteiger partial charge in [-0.2, -0.15) is 0 Å². The van der Waals surface area contributed by atoms with Crippen LogP contribution in [0.1, 0.15) is 33.6 Å². The molecule has 0 aliphatic carbocycles. The summed E-state index contributed by atoms with van der Waals surface area (Å²) in [5.74, 6) is -0.525. The van der Waals surface area contributed by atoms with E-state index in [1.165, 1.54) is 13.8 Å². The van der Waals surface area contributed by atoms with Crippen molar-refractivity contribution < 1.29 is 24.0 Å². The summed E-state index contributed by atoms with van der Waals surface area (Å²) >= 11 is 0. The summed E-state index contributed by atoms with van der Waals surface area (Å²) < 4.78 is 0. The third-order valence-electron chi connectivity index (χ3n) is 2.17. The minimum absolute atomic E-state index is 0.0261. The van der Waals surface area contributed by atoms with Gasteiger partial charge >= 0.3 is 0 Å². The van der Waals surface area contributed by atoms with Crippen LogP contribution in [0.2, 0.25) is 0 Å². The van der Waals surface area contributed by atoms with E-state index in [0.717, 1.165) is 0 Å². The van der Waals surface area contributed by atoms with Crippen molar-refractivity contribution in [2.24, 2.45) is 0 Å². The Morgan fingerprint density at radius 2 is 0.923 bits per heavy atom. The quantitative estimate of drug-likeness (QED) is 0.225. The maximum absolute atomic E-state index is 10.6. The van der Waals surface area contributed by atoms with Crippen LogP contribution >= 0.6 is 0 Å². The van der Waals surface area contributed by atoms with Gasteiger partial charge in [0.15, 0.2) is 0 Å². The molecule has 0 heterocycles. The zero-order valence-electron chi connectivity index (χ0n) is 16.6. The molecule has 10 heteroatoms. The number of Topliss-reactive ketones (excluding diaryl/α,β-unsaturated/α-hetero) is 3. The van der Waals surface area contributed by atoms with Gasteiger partial charge in [-0.05, 0) is 41.9 Å². The molecule has 0 unspecified atom stereocenters. The van der Waals surface area contributed by atoms with E-state index in [-0.39, 0.29) is 42.0 Å². The van der Waals surface area contributed by atoms with Crippen molar-refractivity contribution in [3.63, 3.8) is 0 Å². The van der Waals surface area contributed by atoms with Crippen LogP contribution in [0.25, 0.3) is 0 Å². The summed E-state index contributed by atoms with van der Waals surface area (Å²) in [5, 5.41) is 13.2. The molecule has 2 amide bonds. The molecule has 0 aromatic rings. The Morgan fingerprint density at radius 3 is 1.08 bits per heavy atom. The SMILES string of the molecule is CNCC(C)=O.CNCNC(=O)CC(C)=O.CNCNC(=O)CC(C)=O. The lowest BCUT2D eigenvalue weighted by molar-refractivity contribution is -0.128. The zero-order chi connectivity index (χ0) is 21.0. The predicted octanol–water partition coefficient (Wildman–Crippen LogP) is -1.69. The first kappa shape index (κ1) is 28.6. The van der Waals surface area contributed by atoms with Crippen LogP contribution in [-0.2, 0) is 24.0 Å². The molecule has 10 nitrogen and oxygen atoms in total. The highest BCUT2D eigenvalue weighted by Gasteiger charge is 2.02. The molecular weight excluding hydrogens is 342 g/mol. The molecule has 0 saturated heterocycles. The lowest BCUT2D eigenvalue weighted by Crippen LogP contribution is -2.32. The van der Waals surface area contributed by atoms with Gasteiger partial charge in [0.1, 0.15) is 17.3 Å². The van der Waals surface area contributed by atoms with E-state index >= 15 is 0 Å². The number of hydrogen-bond donors (Lipinski definition) is 5. The van der Waals surface area contributed by atoms with E-state index in [9.17, 15) is 24.0 Å². The first-order chi connectivity index (χ1) is 12.1. The second-order valence-corrected chi connectivity index (χ2v) is 5.25. The summed E-state index contributed by atoms with van der Waals surface area (Å²) in [6.45, 7) is 5.63.